The Hall–Kier alpha value is -1.73. The summed E-state index contributed by atoms with van der Waals surface area (Å²) >= 11 is 5.63. The summed E-state index contributed by atoms with van der Waals surface area (Å²) in [6.07, 6.45) is 2.41. The van der Waals surface area contributed by atoms with Crippen LogP contribution >= 0.6 is 11.6 Å². The van der Waals surface area contributed by atoms with Gasteiger partial charge in [0.15, 0.2) is 0 Å². The lowest BCUT2D eigenvalue weighted by Gasteiger charge is -2.32. The SMILES string of the molecule is COC(=O)CC1CN(C(=O)c2cnc(Cl)cn2)CCO1. The van der Waals surface area contributed by atoms with Crippen LogP contribution in [-0.2, 0) is 14.3 Å². The van der Waals surface area contributed by atoms with Gasteiger partial charge < -0.3 is 14.4 Å². The first-order valence-corrected chi connectivity index (χ1v) is 6.43. The zero-order valence-corrected chi connectivity index (χ0v) is 11.7. The maximum Gasteiger partial charge on any atom is 0.308 e. The molecule has 2 rings (SSSR count). The van der Waals surface area contributed by atoms with Crippen molar-refractivity contribution in [3.63, 3.8) is 0 Å². The molecule has 0 radical (unpaired) electrons. The highest BCUT2D eigenvalue weighted by molar-refractivity contribution is 6.29. The van der Waals surface area contributed by atoms with Crippen LogP contribution in [0.4, 0.5) is 0 Å². The molecule has 2 heterocycles. The molecule has 108 valence electrons. The van der Waals surface area contributed by atoms with Crippen molar-refractivity contribution in [1.82, 2.24) is 14.9 Å². The van der Waals surface area contributed by atoms with Crippen LogP contribution in [0.1, 0.15) is 16.9 Å². The Morgan fingerprint density at radius 1 is 1.50 bits per heavy atom. The van der Waals surface area contributed by atoms with Crippen LogP contribution in [0.25, 0.3) is 0 Å². The van der Waals surface area contributed by atoms with Gasteiger partial charge in [-0.3, -0.25) is 9.59 Å². The molecule has 0 saturated carbocycles. The van der Waals surface area contributed by atoms with E-state index in [0.717, 1.165) is 0 Å². The Morgan fingerprint density at radius 2 is 2.30 bits per heavy atom. The normalized spacial score (nSPS) is 18.7. The van der Waals surface area contributed by atoms with Gasteiger partial charge in [0.05, 0.1) is 38.6 Å². The van der Waals surface area contributed by atoms with Crippen LogP contribution < -0.4 is 0 Å². The second-order valence-corrected chi connectivity index (χ2v) is 4.64. The number of rotatable bonds is 3. The summed E-state index contributed by atoms with van der Waals surface area (Å²) in [5, 5.41) is 0.229. The van der Waals surface area contributed by atoms with Crippen LogP contribution in [0, 0.1) is 0 Å². The molecule has 0 bridgehead atoms. The van der Waals surface area contributed by atoms with Gasteiger partial charge in [0.25, 0.3) is 5.91 Å². The molecule has 0 aliphatic carbocycles. The molecule has 1 saturated heterocycles. The molecule has 1 unspecified atom stereocenters. The van der Waals surface area contributed by atoms with E-state index in [0.29, 0.717) is 19.7 Å². The Kier molecular flexibility index (Phi) is 4.86. The Balaban J connectivity index is 1.99. The average Bonchev–Trinajstić information content (AvgIpc) is 2.47. The Bertz CT molecular complexity index is 494. The fourth-order valence-corrected chi connectivity index (χ4v) is 1.98. The van der Waals surface area contributed by atoms with Crippen molar-refractivity contribution in [3.05, 3.63) is 23.2 Å². The van der Waals surface area contributed by atoms with E-state index in [1.54, 1.807) is 4.90 Å². The number of methoxy groups -OCH3 is 1. The van der Waals surface area contributed by atoms with Gasteiger partial charge in [0, 0.05) is 13.1 Å². The monoisotopic (exact) mass is 299 g/mol. The number of hydrogen-bond donors (Lipinski definition) is 0. The minimum atomic E-state index is -0.365. The first-order chi connectivity index (χ1) is 9.60. The van der Waals surface area contributed by atoms with Gasteiger partial charge in [-0.25, -0.2) is 9.97 Å². The summed E-state index contributed by atoms with van der Waals surface area (Å²) in [7, 11) is 1.32. The standard InChI is InChI=1S/C12H14ClN3O4/c1-19-11(17)4-8-7-16(2-3-20-8)12(18)9-5-15-10(13)6-14-9/h5-6,8H,2-4,7H2,1H3. The molecule has 7 nitrogen and oxygen atoms in total. The number of ether oxygens (including phenoxy) is 2. The number of esters is 1. The molecular weight excluding hydrogens is 286 g/mol. The first kappa shape index (κ1) is 14.7. The fourth-order valence-electron chi connectivity index (χ4n) is 1.88. The van der Waals surface area contributed by atoms with Crippen molar-refractivity contribution in [2.75, 3.05) is 26.8 Å². The van der Waals surface area contributed by atoms with E-state index >= 15 is 0 Å². The van der Waals surface area contributed by atoms with E-state index in [9.17, 15) is 9.59 Å². The number of nitrogens with zero attached hydrogens (tertiary/aromatic N) is 3. The van der Waals surface area contributed by atoms with E-state index in [1.165, 1.54) is 19.5 Å². The highest BCUT2D eigenvalue weighted by atomic mass is 35.5. The predicted octanol–water partition coefficient (Wildman–Crippen LogP) is 0.534. The molecule has 8 heteroatoms. The smallest absolute Gasteiger partial charge is 0.308 e. The van der Waals surface area contributed by atoms with Gasteiger partial charge in [-0.1, -0.05) is 11.6 Å². The van der Waals surface area contributed by atoms with Crippen LogP contribution in [0.2, 0.25) is 5.15 Å². The number of hydrogen-bond acceptors (Lipinski definition) is 6. The third-order valence-electron chi connectivity index (χ3n) is 2.89. The zero-order chi connectivity index (χ0) is 14.5. The number of halogens is 1. The first-order valence-electron chi connectivity index (χ1n) is 6.05. The maximum atomic E-state index is 12.2. The summed E-state index contributed by atoms with van der Waals surface area (Å²) in [5.41, 5.74) is 0.216. The van der Waals surface area contributed by atoms with Gasteiger partial charge in [0.2, 0.25) is 0 Å². The minimum Gasteiger partial charge on any atom is -0.469 e. The molecule has 20 heavy (non-hydrogen) atoms. The predicted molar refractivity (Wildman–Crippen MR) is 69.3 cm³/mol. The molecule has 0 N–H and O–H groups in total. The van der Waals surface area contributed by atoms with Crippen LogP contribution in [0.5, 0.6) is 0 Å². The van der Waals surface area contributed by atoms with E-state index in [2.05, 4.69) is 14.7 Å². The molecule has 1 aromatic rings. The second kappa shape index (κ2) is 6.62. The number of aromatic nitrogens is 2. The van der Waals surface area contributed by atoms with Gasteiger partial charge in [-0.05, 0) is 0 Å². The van der Waals surface area contributed by atoms with E-state index in [4.69, 9.17) is 16.3 Å². The highest BCUT2D eigenvalue weighted by Crippen LogP contribution is 2.12. The van der Waals surface area contributed by atoms with Gasteiger partial charge in [-0.15, -0.1) is 0 Å². The molecule has 0 aromatic carbocycles. The molecule has 0 spiro atoms. The lowest BCUT2D eigenvalue weighted by Crippen LogP contribution is -2.46. The van der Waals surface area contributed by atoms with Crippen molar-refractivity contribution >= 4 is 23.5 Å². The van der Waals surface area contributed by atoms with E-state index < -0.39 is 0 Å². The van der Waals surface area contributed by atoms with E-state index in [-0.39, 0.29) is 35.2 Å². The van der Waals surface area contributed by atoms with Crippen LogP contribution in [-0.4, -0.2) is 59.7 Å². The molecule has 1 aromatic heterocycles. The minimum absolute atomic E-state index is 0.118. The lowest BCUT2D eigenvalue weighted by atomic mass is 10.2. The van der Waals surface area contributed by atoms with Crippen LogP contribution in [0.15, 0.2) is 12.4 Å². The van der Waals surface area contributed by atoms with Crippen molar-refractivity contribution in [1.29, 1.82) is 0 Å². The third kappa shape index (κ3) is 3.64. The Labute approximate surface area is 120 Å². The number of morpholine rings is 1. The van der Waals surface area contributed by atoms with Gasteiger partial charge >= 0.3 is 5.97 Å². The summed E-state index contributed by atoms with van der Waals surface area (Å²) < 4.78 is 10.0. The topological polar surface area (TPSA) is 81.6 Å². The summed E-state index contributed by atoms with van der Waals surface area (Å²) in [6.45, 7) is 1.13. The third-order valence-corrected chi connectivity index (χ3v) is 3.08. The summed E-state index contributed by atoms with van der Waals surface area (Å²) in [4.78, 5) is 32.8. The van der Waals surface area contributed by atoms with E-state index in [1.807, 2.05) is 0 Å². The fraction of sp³-hybridized carbons (Fsp3) is 0.500. The molecule has 1 atom stereocenters. The second-order valence-electron chi connectivity index (χ2n) is 4.25. The van der Waals surface area contributed by atoms with Crippen molar-refractivity contribution in [2.45, 2.75) is 12.5 Å². The van der Waals surface area contributed by atoms with Crippen molar-refractivity contribution in [2.24, 2.45) is 0 Å². The highest BCUT2D eigenvalue weighted by Gasteiger charge is 2.27. The van der Waals surface area contributed by atoms with Gasteiger partial charge in [-0.2, -0.15) is 0 Å². The largest absolute Gasteiger partial charge is 0.469 e. The molecule has 1 aliphatic rings. The number of carbonyl (C=O) groups excluding carboxylic acids is 2. The molecule has 1 aliphatic heterocycles. The summed E-state index contributed by atoms with van der Waals surface area (Å²) in [5.74, 6) is -0.622. The van der Waals surface area contributed by atoms with Crippen LogP contribution in [0.3, 0.4) is 0 Å². The van der Waals surface area contributed by atoms with Gasteiger partial charge in [0.1, 0.15) is 10.8 Å². The maximum absolute atomic E-state index is 12.2. The summed E-state index contributed by atoms with van der Waals surface area (Å²) in [6, 6.07) is 0. The number of amides is 1. The zero-order valence-electron chi connectivity index (χ0n) is 10.9. The molecule has 1 amide bonds. The lowest BCUT2D eigenvalue weighted by molar-refractivity contribution is -0.145. The van der Waals surface area contributed by atoms with Crippen molar-refractivity contribution < 1.29 is 19.1 Å². The average molecular weight is 300 g/mol. The number of carbonyl (C=O) groups is 2. The quantitative estimate of drug-likeness (QED) is 0.758. The molecular formula is C12H14ClN3O4. The molecule has 1 fully saturated rings. The van der Waals surface area contributed by atoms with Crippen molar-refractivity contribution in [3.8, 4) is 0 Å². The Morgan fingerprint density at radius 3 is 2.95 bits per heavy atom.